The van der Waals surface area contributed by atoms with Gasteiger partial charge in [0.05, 0.1) is 17.3 Å². The van der Waals surface area contributed by atoms with Crippen molar-refractivity contribution in [2.45, 2.75) is 51.5 Å². The van der Waals surface area contributed by atoms with E-state index >= 15 is 0 Å². The molecule has 6 nitrogen and oxygen atoms in total. The molecule has 1 heterocycles. The number of carbonyl (C=O) groups is 2. The molecule has 1 saturated heterocycles. The first-order valence-corrected chi connectivity index (χ1v) is 14.4. The minimum atomic E-state index is -0.263. The van der Waals surface area contributed by atoms with Crippen LogP contribution in [0, 0.1) is 0 Å². The molecule has 3 aromatic rings. The summed E-state index contributed by atoms with van der Waals surface area (Å²) < 4.78 is 0. The summed E-state index contributed by atoms with van der Waals surface area (Å²) in [6.45, 7) is 5.82. The molecule has 0 aromatic heterocycles. The summed E-state index contributed by atoms with van der Waals surface area (Å²) in [7, 11) is 0. The second kappa shape index (κ2) is 15.1. The van der Waals surface area contributed by atoms with Crippen LogP contribution in [-0.2, 0) is 0 Å². The van der Waals surface area contributed by atoms with Gasteiger partial charge in [-0.3, -0.25) is 9.69 Å². The molecule has 0 atom stereocenters. The fraction of sp³-hybridized carbons (Fsp3) is 0.394. The van der Waals surface area contributed by atoms with Crippen LogP contribution in [0.1, 0.15) is 73.0 Å². The van der Waals surface area contributed by atoms with Crippen LogP contribution in [0.5, 0.6) is 0 Å². The maximum absolute atomic E-state index is 13.7. The van der Waals surface area contributed by atoms with Crippen LogP contribution in [-0.4, -0.2) is 54.5 Å². The highest BCUT2D eigenvalue weighted by molar-refractivity contribution is 6.03. The van der Waals surface area contributed by atoms with Gasteiger partial charge in [0.1, 0.15) is 0 Å². The van der Waals surface area contributed by atoms with Crippen molar-refractivity contribution in [1.29, 1.82) is 0 Å². The molecule has 3 aromatic carbocycles. The van der Waals surface area contributed by atoms with Crippen LogP contribution in [0.25, 0.3) is 0 Å². The first-order valence-electron chi connectivity index (χ1n) is 14.4. The van der Waals surface area contributed by atoms with Crippen molar-refractivity contribution in [3.63, 3.8) is 0 Å². The van der Waals surface area contributed by atoms with Crippen LogP contribution in [0.4, 0.5) is 10.5 Å². The van der Waals surface area contributed by atoms with Gasteiger partial charge in [0.15, 0.2) is 0 Å². The molecule has 0 saturated carbocycles. The monoisotopic (exact) mass is 526 g/mol. The molecule has 0 radical (unpaired) electrons. The minimum absolute atomic E-state index is 0.0386. The molecule has 1 fully saturated rings. The number of unbranched alkanes of at least 4 members (excludes halogenated alkanes) is 4. The highest BCUT2D eigenvalue weighted by atomic mass is 16.2. The number of para-hydroxylation sites is 1. The molecular weight excluding hydrogens is 484 g/mol. The Morgan fingerprint density at radius 3 is 2.08 bits per heavy atom. The van der Waals surface area contributed by atoms with E-state index in [1.54, 1.807) is 6.07 Å². The van der Waals surface area contributed by atoms with Gasteiger partial charge in [-0.05, 0) is 36.1 Å². The average molecular weight is 527 g/mol. The van der Waals surface area contributed by atoms with Gasteiger partial charge in [-0.15, -0.1) is 0 Å². The van der Waals surface area contributed by atoms with E-state index in [-0.39, 0.29) is 18.0 Å². The molecule has 206 valence electrons. The molecule has 0 unspecified atom stereocenters. The van der Waals surface area contributed by atoms with E-state index in [0.29, 0.717) is 30.9 Å². The predicted octanol–water partition coefficient (Wildman–Crippen LogP) is 6.72. The molecule has 1 aliphatic heterocycles. The molecule has 39 heavy (non-hydrogen) atoms. The van der Waals surface area contributed by atoms with Gasteiger partial charge in [-0.2, -0.15) is 0 Å². The number of nitrogens with zero attached hydrogens (tertiary/aromatic N) is 2. The van der Waals surface area contributed by atoms with Crippen molar-refractivity contribution in [1.82, 2.24) is 15.1 Å². The third-order valence-corrected chi connectivity index (χ3v) is 7.39. The lowest BCUT2D eigenvalue weighted by Gasteiger charge is -2.31. The Morgan fingerprint density at radius 1 is 0.744 bits per heavy atom. The molecule has 3 amide bonds. The van der Waals surface area contributed by atoms with E-state index in [1.165, 1.54) is 30.4 Å². The van der Waals surface area contributed by atoms with Gasteiger partial charge < -0.3 is 15.5 Å². The summed E-state index contributed by atoms with van der Waals surface area (Å²) in [5.41, 5.74) is 3.61. The second-order valence-corrected chi connectivity index (χ2v) is 10.2. The SMILES string of the molecule is CCCCCCCNC(=O)Nc1ccccc1C(=O)N1CCCN(C(c2ccccc2)c2ccccc2)CC1. The zero-order valence-corrected chi connectivity index (χ0v) is 23.1. The number of benzene rings is 3. The number of hydrogen-bond acceptors (Lipinski definition) is 3. The lowest BCUT2D eigenvalue weighted by Crippen LogP contribution is -2.37. The molecule has 4 rings (SSSR count). The fourth-order valence-corrected chi connectivity index (χ4v) is 5.33. The topological polar surface area (TPSA) is 64.7 Å². The van der Waals surface area contributed by atoms with E-state index in [4.69, 9.17) is 0 Å². The Bertz CT molecular complexity index is 1130. The Kier molecular flexibility index (Phi) is 11.0. The maximum atomic E-state index is 13.7. The summed E-state index contributed by atoms with van der Waals surface area (Å²) in [6, 6.07) is 28.4. The van der Waals surface area contributed by atoms with E-state index in [9.17, 15) is 9.59 Å². The fourth-order valence-electron chi connectivity index (χ4n) is 5.33. The van der Waals surface area contributed by atoms with Gasteiger partial charge in [-0.1, -0.05) is 105 Å². The molecule has 1 aliphatic rings. The Morgan fingerprint density at radius 2 is 1.38 bits per heavy atom. The summed E-state index contributed by atoms with van der Waals surface area (Å²) >= 11 is 0. The maximum Gasteiger partial charge on any atom is 0.319 e. The minimum Gasteiger partial charge on any atom is -0.338 e. The number of carbonyl (C=O) groups excluding carboxylic acids is 2. The van der Waals surface area contributed by atoms with Gasteiger partial charge in [0.25, 0.3) is 5.91 Å². The largest absolute Gasteiger partial charge is 0.338 e. The number of amides is 3. The molecular formula is C33H42N4O2. The van der Waals surface area contributed by atoms with Crippen molar-refractivity contribution >= 4 is 17.6 Å². The molecule has 0 spiro atoms. The number of urea groups is 1. The van der Waals surface area contributed by atoms with Crippen LogP contribution in [0.3, 0.4) is 0 Å². The third kappa shape index (κ3) is 8.17. The van der Waals surface area contributed by atoms with Crippen LogP contribution < -0.4 is 10.6 Å². The third-order valence-electron chi connectivity index (χ3n) is 7.39. The first-order chi connectivity index (χ1) is 19.2. The van der Waals surface area contributed by atoms with E-state index in [0.717, 1.165) is 32.4 Å². The summed E-state index contributed by atoms with van der Waals surface area (Å²) in [6.07, 6.45) is 6.59. The van der Waals surface area contributed by atoms with Crippen LogP contribution in [0.15, 0.2) is 84.9 Å². The Balaban J connectivity index is 1.40. The number of hydrogen-bond donors (Lipinski definition) is 2. The number of rotatable bonds is 11. The number of anilines is 1. The average Bonchev–Trinajstić information content (AvgIpc) is 3.22. The smallest absolute Gasteiger partial charge is 0.319 e. The van der Waals surface area contributed by atoms with Crippen LogP contribution >= 0.6 is 0 Å². The van der Waals surface area contributed by atoms with Crippen molar-refractivity contribution in [2.24, 2.45) is 0 Å². The normalized spacial score (nSPS) is 14.2. The van der Waals surface area contributed by atoms with Crippen molar-refractivity contribution in [3.8, 4) is 0 Å². The van der Waals surface area contributed by atoms with Gasteiger partial charge in [0, 0.05) is 32.7 Å². The zero-order chi connectivity index (χ0) is 27.3. The van der Waals surface area contributed by atoms with E-state index in [2.05, 4.69) is 71.0 Å². The predicted molar refractivity (Wildman–Crippen MR) is 159 cm³/mol. The summed E-state index contributed by atoms with van der Waals surface area (Å²) in [4.78, 5) is 30.6. The molecule has 6 heteroatoms. The highest BCUT2D eigenvalue weighted by Gasteiger charge is 2.27. The molecule has 0 aliphatic carbocycles. The van der Waals surface area contributed by atoms with Crippen molar-refractivity contribution < 1.29 is 9.59 Å². The number of nitrogens with one attached hydrogen (secondary N) is 2. The van der Waals surface area contributed by atoms with Gasteiger partial charge >= 0.3 is 6.03 Å². The molecule has 2 N–H and O–H groups in total. The van der Waals surface area contributed by atoms with Crippen LogP contribution in [0.2, 0.25) is 0 Å². The standard InChI is InChI=1S/C33H42N4O2/c1-2-3-4-5-14-22-34-33(39)35-30-21-13-12-20-29(30)32(38)37-24-15-23-36(25-26-37)31(27-16-8-6-9-17-27)28-18-10-7-11-19-28/h6-13,16-21,31H,2-5,14-15,22-26H2,1H3,(H2,34,35,39). The Hall–Kier alpha value is -3.64. The lowest BCUT2D eigenvalue weighted by atomic mass is 9.97. The lowest BCUT2D eigenvalue weighted by molar-refractivity contribution is 0.0760. The quantitative estimate of drug-likeness (QED) is 0.273. The van der Waals surface area contributed by atoms with Crippen molar-refractivity contribution in [3.05, 3.63) is 102 Å². The Labute approximate surface area is 233 Å². The first kappa shape index (κ1) is 28.4. The van der Waals surface area contributed by atoms with E-state index < -0.39 is 0 Å². The summed E-state index contributed by atoms with van der Waals surface area (Å²) in [5, 5.41) is 5.84. The van der Waals surface area contributed by atoms with Gasteiger partial charge in [0.2, 0.25) is 0 Å². The highest BCUT2D eigenvalue weighted by Crippen LogP contribution is 2.30. The van der Waals surface area contributed by atoms with Gasteiger partial charge in [-0.25, -0.2) is 4.79 Å². The summed E-state index contributed by atoms with van der Waals surface area (Å²) in [5.74, 6) is -0.0386. The van der Waals surface area contributed by atoms with Crippen molar-refractivity contribution in [2.75, 3.05) is 38.0 Å². The zero-order valence-electron chi connectivity index (χ0n) is 23.1. The second-order valence-electron chi connectivity index (χ2n) is 10.2. The molecule has 0 bridgehead atoms. The van der Waals surface area contributed by atoms with E-state index in [1.807, 2.05) is 35.2 Å².